The summed E-state index contributed by atoms with van der Waals surface area (Å²) >= 11 is 0. The number of anilines is 1. The van der Waals surface area contributed by atoms with Gasteiger partial charge in [0.2, 0.25) is 0 Å². The number of nitrogens with one attached hydrogen (secondary N) is 2. The van der Waals surface area contributed by atoms with Crippen molar-refractivity contribution in [3.8, 4) is 11.3 Å². The van der Waals surface area contributed by atoms with Crippen molar-refractivity contribution in [2.45, 2.75) is 12.5 Å². The maximum absolute atomic E-state index is 4.44. The summed E-state index contributed by atoms with van der Waals surface area (Å²) in [6.07, 6.45) is 6.81. The number of rotatable bonds is 3. The van der Waals surface area contributed by atoms with Gasteiger partial charge in [-0.3, -0.25) is 0 Å². The van der Waals surface area contributed by atoms with Gasteiger partial charge in [-0.05, 0) is 25.1 Å². The minimum absolute atomic E-state index is 0.498. The predicted octanol–water partition coefficient (Wildman–Crippen LogP) is 1.26. The summed E-state index contributed by atoms with van der Waals surface area (Å²) in [6, 6.07) is 4.57. The second-order valence-electron chi connectivity index (χ2n) is 4.69. The molecule has 1 aliphatic rings. The average Bonchev–Trinajstić information content (AvgIpc) is 3.02. The molecular weight excluding hydrogens is 226 g/mol. The third kappa shape index (κ3) is 2.36. The molecule has 5 heteroatoms. The molecule has 2 aromatic heterocycles. The molecule has 3 heterocycles. The van der Waals surface area contributed by atoms with Crippen LogP contribution in [-0.4, -0.2) is 33.7 Å². The number of nitrogens with zero attached hydrogens (tertiary/aromatic N) is 3. The zero-order chi connectivity index (χ0) is 12.4. The van der Waals surface area contributed by atoms with Gasteiger partial charge in [0.1, 0.15) is 5.82 Å². The molecule has 94 valence electrons. The van der Waals surface area contributed by atoms with Crippen LogP contribution in [0, 0.1) is 0 Å². The Bertz CT molecular complexity index is 510. The Labute approximate surface area is 106 Å². The lowest BCUT2D eigenvalue weighted by atomic mass is 10.2. The van der Waals surface area contributed by atoms with Gasteiger partial charge in [0.15, 0.2) is 0 Å². The lowest BCUT2D eigenvalue weighted by Gasteiger charge is -2.11. The second-order valence-corrected chi connectivity index (χ2v) is 4.69. The zero-order valence-electron chi connectivity index (χ0n) is 10.4. The zero-order valence-corrected chi connectivity index (χ0v) is 10.4. The highest BCUT2D eigenvalue weighted by atomic mass is 15.1. The van der Waals surface area contributed by atoms with Crippen molar-refractivity contribution in [2.24, 2.45) is 7.05 Å². The second kappa shape index (κ2) is 4.78. The van der Waals surface area contributed by atoms with E-state index in [1.807, 2.05) is 30.1 Å². The van der Waals surface area contributed by atoms with Gasteiger partial charge in [0, 0.05) is 37.6 Å². The van der Waals surface area contributed by atoms with E-state index in [1.165, 1.54) is 0 Å². The Balaban J connectivity index is 1.72. The minimum atomic E-state index is 0.498. The molecule has 0 radical (unpaired) electrons. The number of pyridine rings is 1. The van der Waals surface area contributed by atoms with Crippen LogP contribution >= 0.6 is 0 Å². The predicted molar refractivity (Wildman–Crippen MR) is 71.3 cm³/mol. The smallest absolute Gasteiger partial charge is 0.126 e. The van der Waals surface area contributed by atoms with Gasteiger partial charge in [-0.1, -0.05) is 0 Å². The van der Waals surface area contributed by atoms with Crippen LogP contribution in [-0.2, 0) is 7.05 Å². The van der Waals surface area contributed by atoms with Gasteiger partial charge in [0.05, 0.1) is 12.0 Å². The standard InChI is InChI=1S/C13H17N5/c1-18-8-12(16-9-18)10-2-3-13(15-6-10)17-11-4-5-14-7-11/h2-3,6,8-9,11,14H,4-5,7H2,1H3,(H,15,17)/t11-/m0/s1. The Morgan fingerprint density at radius 1 is 1.39 bits per heavy atom. The van der Waals surface area contributed by atoms with Crippen molar-refractivity contribution >= 4 is 5.82 Å². The summed E-state index contributed by atoms with van der Waals surface area (Å²) in [4.78, 5) is 8.75. The molecule has 0 aliphatic carbocycles. The third-order valence-corrected chi connectivity index (χ3v) is 3.18. The van der Waals surface area contributed by atoms with Crippen LogP contribution in [0.15, 0.2) is 30.9 Å². The lowest BCUT2D eigenvalue weighted by molar-refractivity contribution is 0.788. The van der Waals surface area contributed by atoms with E-state index >= 15 is 0 Å². The lowest BCUT2D eigenvalue weighted by Crippen LogP contribution is -2.22. The van der Waals surface area contributed by atoms with E-state index in [9.17, 15) is 0 Å². The van der Waals surface area contributed by atoms with E-state index in [0.717, 1.165) is 36.6 Å². The number of hydrogen-bond acceptors (Lipinski definition) is 4. The first-order chi connectivity index (χ1) is 8.81. The molecule has 1 atom stereocenters. The van der Waals surface area contributed by atoms with Crippen LogP contribution in [0.4, 0.5) is 5.82 Å². The fourth-order valence-corrected chi connectivity index (χ4v) is 2.18. The van der Waals surface area contributed by atoms with Crippen molar-refractivity contribution < 1.29 is 0 Å². The highest BCUT2D eigenvalue weighted by molar-refractivity contribution is 5.58. The fraction of sp³-hybridized carbons (Fsp3) is 0.385. The molecule has 18 heavy (non-hydrogen) atoms. The van der Waals surface area contributed by atoms with Gasteiger partial charge >= 0.3 is 0 Å². The van der Waals surface area contributed by atoms with E-state index in [2.05, 4.69) is 26.7 Å². The molecule has 0 amide bonds. The first-order valence-electron chi connectivity index (χ1n) is 6.23. The molecule has 1 saturated heterocycles. The van der Waals surface area contributed by atoms with E-state index < -0.39 is 0 Å². The Morgan fingerprint density at radius 2 is 2.33 bits per heavy atom. The van der Waals surface area contributed by atoms with Gasteiger partial charge in [0.25, 0.3) is 0 Å². The maximum atomic E-state index is 4.44. The number of hydrogen-bond donors (Lipinski definition) is 2. The molecule has 0 spiro atoms. The van der Waals surface area contributed by atoms with Crippen molar-refractivity contribution in [3.63, 3.8) is 0 Å². The topological polar surface area (TPSA) is 54.8 Å². The van der Waals surface area contributed by atoms with Crippen LogP contribution in [0.2, 0.25) is 0 Å². The van der Waals surface area contributed by atoms with Gasteiger partial charge in [-0.25, -0.2) is 9.97 Å². The molecule has 0 aromatic carbocycles. The Hall–Kier alpha value is -1.88. The molecule has 0 unspecified atom stereocenters. The molecule has 2 aromatic rings. The maximum Gasteiger partial charge on any atom is 0.126 e. The highest BCUT2D eigenvalue weighted by Crippen LogP contribution is 2.17. The summed E-state index contributed by atoms with van der Waals surface area (Å²) < 4.78 is 1.94. The molecule has 0 saturated carbocycles. The van der Waals surface area contributed by atoms with E-state index in [4.69, 9.17) is 0 Å². The molecular formula is C13H17N5. The number of aromatic nitrogens is 3. The SMILES string of the molecule is Cn1cnc(-c2ccc(N[C@H]3CCNC3)nc2)c1. The van der Waals surface area contributed by atoms with Gasteiger partial charge in [-0.15, -0.1) is 0 Å². The Morgan fingerprint density at radius 3 is 2.94 bits per heavy atom. The van der Waals surface area contributed by atoms with Gasteiger partial charge in [-0.2, -0.15) is 0 Å². The number of aryl methyl sites for hydroxylation is 1. The molecule has 5 nitrogen and oxygen atoms in total. The molecule has 3 rings (SSSR count). The minimum Gasteiger partial charge on any atom is -0.366 e. The van der Waals surface area contributed by atoms with E-state index in [-0.39, 0.29) is 0 Å². The van der Waals surface area contributed by atoms with Crippen molar-refractivity contribution in [1.29, 1.82) is 0 Å². The first-order valence-corrected chi connectivity index (χ1v) is 6.23. The monoisotopic (exact) mass is 243 g/mol. The van der Waals surface area contributed by atoms with Crippen LogP contribution < -0.4 is 10.6 Å². The summed E-state index contributed by atoms with van der Waals surface area (Å²) in [5.74, 6) is 0.934. The molecule has 1 aliphatic heterocycles. The fourth-order valence-electron chi connectivity index (χ4n) is 2.18. The molecule has 0 bridgehead atoms. The van der Waals surface area contributed by atoms with E-state index in [0.29, 0.717) is 6.04 Å². The van der Waals surface area contributed by atoms with Crippen molar-refractivity contribution in [1.82, 2.24) is 19.9 Å². The Kier molecular flexibility index (Phi) is 2.98. The first kappa shape index (κ1) is 11.2. The highest BCUT2D eigenvalue weighted by Gasteiger charge is 2.14. The summed E-state index contributed by atoms with van der Waals surface area (Å²) in [6.45, 7) is 2.10. The van der Waals surface area contributed by atoms with Crippen LogP contribution in [0.1, 0.15) is 6.42 Å². The van der Waals surface area contributed by atoms with Crippen LogP contribution in [0.5, 0.6) is 0 Å². The quantitative estimate of drug-likeness (QED) is 0.852. The molecule has 1 fully saturated rings. The van der Waals surface area contributed by atoms with Crippen LogP contribution in [0.25, 0.3) is 11.3 Å². The largest absolute Gasteiger partial charge is 0.366 e. The normalized spacial score (nSPS) is 19.1. The van der Waals surface area contributed by atoms with Crippen molar-refractivity contribution in [3.05, 3.63) is 30.9 Å². The summed E-state index contributed by atoms with van der Waals surface area (Å²) in [5.41, 5.74) is 2.00. The third-order valence-electron chi connectivity index (χ3n) is 3.18. The van der Waals surface area contributed by atoms with Crippen molar-refractivity contribution in [2.75, 3.05) is 18.4 Å². The van der Waals surface area contributed by atoms with E-state index in [1.54, 1.807) is 6.33 Å². The van der Waals surface area contributed by atoms with Crippen LogP contribution in [0.3, 0.4) is 0 Å². The summed E-state index contributed by atoms with van der Waals surface area (Å²) in [5, 5.41) is 6.76. The molecule has 2 N–H and O–H groups in total. The number of imidazole rings is 1. The van der Waals surface area contributed by atoms with Gasteiger partial charge < -0.3 is 15.2 Å². The summed E-state index contributed by atoms with van der Waals surface area (Å²) in [7, 11) is 1.97. The average molecular weight is 243 g/mol.